The highest BCUT2D eigenvalue weighted by molar-refractivity contribution is 7.89. The molecular formula is C38H49NO7SSi. The molecular weight excluding hydrogens is 643 g/mol. The summed E-state index contributed by atoms with van der Waals surface area (Å²) in [6.07, 6.45) is 4.93. The van der Waals surface area contributed by atoms with E-state index in [1.54, 1.807) is 32.9 Å². The molecule has 0 bridgehead atoms. The lowest BCUT2D eigenvalue weighted by atomic mass is 9.98. The van der Waals surface area contributed by atoms with E-state index in [0.29, 0.717) is 0 Å². The van der Waals surface area contributed by atoms with Gasteiger partial charge in [-0.05, 0) is 61.7 Å². The zero-order valence-electron chi connectivity index (χ0n) is 29.4. The van der Waals surface area contributed by atoms with Gasteiger partial charge in [0.15, 0.2) is 0 Å². The molecule has 0 N–H and O–H groups in total. The number of aryl methyl sites for hydroxylation is 1. The van der Waals surface area contributed by atoms with Crippen molar-refractivity contribution in [2.45, 2.75) is 89.8 Å². The van der Waals surface area contributed by atoms with Crippen molar-refractivity contribution in [1.82, 2.24) is 4.31 Å². The van der Waals surface area contributed by atoms with Gasteiger partial charge in [-0.1, -0.05) is 99.1 Å². The third-order valence-corrected chi connectivity index (χ3v) is 14.8. The average Bonchev–Trinajstić information content (AvgIpc) is 2.99. The molecule has 3 aromatic carbocycles. The van der Waals surface area contributed by atoms with E-state index in [-0.39, 0.29) is 31.0 Å². The summed E-state index contributed by atoms with van der Waals surface area (Å²) in [5.74, 6) is 1.65. The third-order valence-electron chi connectivity index (χ3n) is 7.93. The van der Waals surface area contributed by atoms with Gasteiger partial charge in [0.05, 0.1) is 24.2 Å². The Morgan fingerprint density at radius 2 is 1.38 bits per heavy atom. The zero-order valence-corrected chi connectivity index (χ0v) is 31.2. The van der Waals surface area contributed by atoms with Crippen LogP contribution in [0.1, 0.15) is 66.9 Å². The van der Waals surface area contributed by atoms with Crippen LogP contribution in [0.2, 0.25) is 5.04 Å². The van der Waals surface area contributed by atoms with Crippen LogP contribution in [0.25, 0.3) is 0 Å². The number of sulfonamides is 1. The van der Waals surface area contributed by atoms with E-state index in [4.69, 9.17) is 20.3 Å². The lowest BCUT2D eigenvalue weighted by Crippen LogP contribution is -2.67. The van der Waals surface area contributed by atoms with Crippen molar-refractivity contribution in [2.75, 3.05) is 13.2 Å². The molecule has 2 atom stereocenters. The highest BCUT2D eigenvalue weighted by Crippen LogP contribution is 2.38. The van der Waals surface area contributed by atoms with E-state index in [1.165, 1.54) is 19.1 Å². The first-order valence-electron chi connectivity index (χ1n) is 16.1. The van der Waals surface area contributed by atoms with E-state index in [9.17, 15) is 18.0 Å². The molecule has 1 amide bonds. The smallest absolute Gasteiger partial charge is 0.424 e. The number of hydrogen-bond acceptors (Lipinski definition) is 7. The van der Waals surface area contributed by atoms with Crippen LogP contribution in [0.4, 0.5) is 4.79 Å². The van der Waals surface area contributed by atoms with Gasteiger partial charge in [0.25, 0.3) is 18.3 Å². The number of nitrogens with zero attached hydrogens (tertiary/aromatic N) is 1. The fourth-order valence-corrected chi connectivity index (χ4v) is 11.9. The first kappa shape index (κ1) is 38.5. The number of hydrogen-bond donors (Lipinski definition) is 0. The second kappa shape index (κ2) is 16.0. The molecule has 8 nitrogen and oxygen atoms in total. The van der Waals surface area contributed by atoms with Crippen LogP contribution >= 0.6 is 0 Å². The maximum Gasteiger partial charge on any atom is 0.424 e. The lowest BCUT2D eigenvalue weighted by molar-refractivity contribution is -0.142. The van der Waals surface area contributed by atoms with Gasteiger partial charge in [-0.3, -0.25) is 4.79 Å². The van der Waals surface area contributed by atoms with Crippen LogP contribution in [-0.2, 0) is 28.7 Å². The molecule has 0 unspecified atom stereocenters. The molecule has 0 aliphatic heterocycles. The highest BCUT2D eigenvalue weighted by Gasteiger charge is 2.51. The molecule has 0 saturated carbocycles. The zero-order chi connectivity index (χ0) is 35.8. The van der Waals surface area contributed by atoms with Crippen LogP contribution in [0, 0.1) is 25.2 Å². The summed E-state index contributed by atoms with van der Waals surface area (Å²) in [5.41, 5.74) is -0.142. The Kier molecular flexibility index (Phi) is 12.8. The van der Waals surface area contributed by atoms with Crippen molar-refractivity contribution >= 4 is 40.8 Å². The molecule has 10 heteroatoms. The van der Waals surface area contributed by atoms with Crippen LogP contribution in [0.5, 0.6) is 0 Å². The van der Waals surface area contributed by atoms with Gasteiger partial charge in [0.1, 0.15) is 5.60 Å². The predicted octanol–water partition coefficient (Wildman–Crippen LogP) is 6.46. The number of benzene rings is 3. The summed E-state index contributed by atoms with van der Waals surface area (Å²) in [4.78, 5) is 25.9. The number of amides is 1. The molecule has 0 aromatic heterocycles. The van der Waals surface area contributed by atoms with Gasteiger partial charge < -0.3 is 13.9 Å². The minimum absolute atomic E-state index is 0.0536. The lowest BCUT2D eigenvalue weighted by Gasteiger charge is -2.44. The van der Waals surface area contributed by atoms with Crippen molar-refractivity contribution < 1.29 is 31.9 Å². The van der Waals surface area contributed by atoms with Gasteiger partial charge in [0, 0.05) is 19.3 Å². The molecule has 0 spiro atoms. The van der Waals surface area contributed by atoms with E-state index >= 15 is 0 Å². The van der Waals surface area contributed by atoms with Crippen LogP contribution < -0.4 is 10.4 Å². The number of terminal acetylenes is 1. The van der Waals surface area contributed by atoms with Crippen molar-refractivity contribution in [3.63, 3.8) is 0 Å². The monoisotopic (exact) mass is 691 g/mol. The van der Waals surface area contributed by atoms with Crippen LogP contribution in [0.15, 0.2) is 89.8 Å². The molecule has 0 aliphatic rings. The average molecular weight is 692 g/mol. The summed E-state index contributed by atoms with van der Waals surface area (Å²) in [7, 11) is -7.67. The van der Waals surface area contributed by atoms with Crippen LogP contribution in [0.3, 0.4) is 0 Å². The Balaban J connectivity index is 2.28. The topological polar surface area (TPSA) is 99.2 Å². The van der Waals surface area contributed by atoms with Crippen molar-refractivity contribution in [1.29, 1.82) is 0 Å². The fourth-order valence-electron chi connectivity index (χ4n) is 5.79. The number of rotatable bonds is 13. The number of carbonyl (C=O) groups excluding carboxylic acids is 2. The Bertz CT molecular complexity index is 1620. The minimum Gasteiger partial charge on any atom is -0.466 e. The van der Waals surface area contributed by atoms with Crippen LogP contribution in [-0.4, -0.2) is 58.0 Å². The predicted molar refractivity (Wildman–Crippen MR) is 192 cm³/mol. The molecule has 0 fully saturated rings. The summed E-state index contributed by atoms with van der Waals surface area (Å²) >= 11 is 0. The van der Waals surface area contributed by atoms with Gasteiger partial charge in [-0.15, -0.1) is 12.3 Å². The van der Waals surface area contributed by atoms with Crippen molar-refractivity contribution in [3.05, 3.63) is 90.5 Å². The van der Waals surface area contributed by atoms with Crippen molar-refractivity contribution in [3.8, 4) is 12.3 Å². The first-order chi connectivity index (χ1) is 22.4. The summed E-state index contributed by atoms with van der Waals surface area (Å²) in [6, 6.07) is 25.1. The second-order valence-electron chi connectivity index (χ2n) is 14.0. The number of esters is 1. The molecule has 48 heavy (non-hydrogen) atoms. The molecule has 3 aromatic rings. The molecule has 258 valence electrons. The maximum absolute atomic E-state index is 14.5. The summed E-state index contributed by atoms with van der Waals surface area (Å²) in [5, 5.41) is 1.56. The standard InChI is InChI=1S/C38H49NO7SSi/c1-10-17-31(27-44-30(3)40)26-32(39(36(41)46-37(4,5)6)47(42,43)33-24-22-29(2)23-25-33)28-45-48(38(7,8)9,34-18-13-11-14-19-34)35-20-15-12-16-21-35/h1,11-16,18-25,31-32H,17,26-28H2,2-9H3/t31-,32-/m0/s1. The van der Waals surface area contributed by atoms with Gasteiger partial charge in [0.2, 0.25) is 0 Å². The quantitative estimate of drug-likeness (QED) is 0.115. The SMILES string of the molecule is C#CC[C@H](COC(C)=O)C[C@@H](CO[Si](c1ccccc1)(c1ccccc1)C(C)(C)C)N(C(=O)OC(C)(C)C)S(=O)(=O)c1ccc(C)cc1. The molecule has 0 heterocycles. The third kappa shape index (κ3) is 9.59. The Hall–Kier alpha value is -3.91. The Morgan fingerprint density at radius 3 is 1.81 bits per heavy atom. The number of ether oxygens (including phenoxy) is 2. The largest absolute Gasteiger partial charge is 0.466 e. The van der Waals surface area contributed by atoms with Crippen molar-refractivity contribution in [2.24, 2.45) is 5.92 Å². The van der Waals surface area contributed by atoms with Gasteiger partial charge >= 0.3 is 12.1 Å². The Labute approximate surface area is 288 Å². The summed E-state index contributed by atoms with van der Waals surface area (Å²) in [6.45, 7) is 14.3. The molecule has 0 aliphatic carbocycles. The number of carbonyl (C=O) groups is 2. The molecule has 3 rings (SSSR count). The maximum atomic E-state index is 14.5. The fraction of sp³-hybridized carbons (Fsp3) is 0.421. The van der Waals surface area contributed by atoms with E-state index in [2.05, 4.69) is 26.7 Å². The Morgan fingerprint density at radius 1 is 0.854 bits per heavy atom. The molecule has 0 radical (unpaired) electrons. The molecule has 0 saturated heterocycles. The normalized spacial score (nSPS) is 13.6. The first-order valence-corrected chi connectivity index (χ1v) is 19.4. The van der Waals surface area contributed by atoms with E-state index in [1.807, 2.05) is 67.6 Å². The van der Waals surface area contributed by atoms with Gasteiger partial charge in [-0.2, -0.15) is 4.31 Å². The summed E-state index contributed by atoms with van der Waals surface area (Å²) < 4.78 is 48.2. The van der Waals surface area contributed by atoms with Gasteiger partial charge in [-0.25, -0.2) is 13.2 Å². The highest BCUT2D eigenvalue weighted by atomic mass is 32.2. The minimum atomic E-state index is -4.48. The van der Waals surface area contributed by atoms with E-state index < -0.39 is 53.0 Å². The second-order valence-corrected chi connectivity index (χ2v) is 20.2. The van der Waals surface area contributed by atoms with E-state index in [0.717, 1.165) is 20.2 Å².